The highest BCUT2D eigenvalue weighted by molar-refractivity contribution is 5.93. The van der Waals surface area contributed by atoms with E-state index < -0.39 is 5.60 Å². The van der Waals surface area contributed by atoms with Crippen molar-refractivity contribution in [3.63, 3.8) is 0 Å². The molecule has 7 heteroatoms. The fourth-order valence-electron chi connectivity index (χ4n) is 4.03. The van der Waals surface area contributed by atoms with Gasteiger partial charge in [-0.15, -0.1) is 0 Å². The Morgan fingerprint density at radius 3 is 2.50 bits per heavy atom. The lowest BCUT2D eigenvalue weighted by molar-refractivity contribution is -0.121. The number of pyridine rings is 1. The highest BCUT2D eigenvalue weighted by atomic mass is 16.6. The second kappa shape index (κ2) is 10.1. The van der Waals surface area contributed by atoms with Crippen molar-refractivity contribution in [2.24, 2.45) is 11.8 Å². The highest BCUT2D eigenvalue weighted by Gasteiger charge is 2.30. The summed E-state index contributed by atoms with van der Waals surface area (Å²) in [7, 11) is 0. The van der Waals surface area contributed by atoms with Gasteiger partial charge >= 0.3 is 6.09 Å². The number of hydrogen-bond donors (Lipinski definition) is 1. The Balaban J connectivity index is 1.50. The van der Waals surface area contributed by atoms with Gasteiger partial charge in [0.25, 0.3) is 0 Å². The number of aromatic nitrogens is 1. The maximum Gasteiger partial charge on any atom is 0.410 e. The predicted octanol–water partition coefficient (Wildman–Crippen LogP) is 4.63. The van der Waals surface area contributed by atoms with Gasteiger partial charge in [0.15, 0.2) is 11.6 Å². The van der Waals surface area contributed by atoms with Crippen LogP contribution in [0.25, 0.3) is 0 Å². The zero-order valence-corrected chi connectivity index (χ0v) is 18.5. The molecule has 0 spiro atoms. The zero-order chi connectivity index (χ0) is 21.6. The number of carbonyl (C=O) groups excluding carboxylic acids is 2. The molecule has 1 aliphatic heterocycles. The van der Waals surface area contributed by atoms with Crippen molar-refractivity contribution in [3.05, 3.63) is 18.3 Å². The van der Waals surface area contributed by atoms with E-state index in [4.69, 9.17) is 9.47 Å². The van der Waals surface area contributed by atoms with Crippen molar-refractivity contribution in [2.75, 3.05) is 25.0 Å². The molecule has 1 aliphatic carbocycles. The van der Waals surface area contributed by atoms with Gasteiger partial charge < -0.3 is 19.7 Å². The summed E-state index contributed by atoms with van der Waals surface area (Å²) in [5.74, 6) is 1.46. The van der Waals surface area contributed by atoms with Crippen molar-refractivity contribution in [1.29, 1.82) is 0 Å². The van der Waals surface area contributed by atoms with Gasteiger partial charge in [0.05, 0.1) is 6.61 Å². The summed E-state index contributed by atoms with van der Waals surface area (Å²) in [6, 6.07) is 3.68. The first-order valence-electron chi connectivity index (χ1n) is 11.2. The summed E-state index contributed by atoms with van der Waals surface area (Å²) in [6.07, 6.45) is 8.83. The molecular formula is C23H35N3O4. The van der Waals surface area contributed by atoms with Gasteiger partial charge in [-0.05, 0) is 64.5 Å². The van der Waals surface area contributed by atoms with Crippen LogP contribution in [0.1, 0.15) is 65.7 Å². The molecule has 0 bridgehead atoms. The van der Waals surface area contributed by atoms with Gasteiger partial charge in [-0.3, -0.25) is 4.79 Å². The lowest BCUT2D eigenvalue weighted by Crippen LogP contribution is -2.43. The fraction of sp³-hybridized carbons (Fsp3) is 0.696. The molecule has 2 amide bonds. The van der Waals surface area contributed by atoms with Crippen LogP contribution < -0.4 is 10.1 Å². The SMILES string of the molecule is CC(C)(C)OC(=O)N1CCC(C(=O)Nc2ncccc2OCC2CCCCC2)CC1. The molecule has 30 heavy (non-hydrogen) atoms. The number of rotatable bonds is 5. The Morgan fingerprint density at radius 1 is 1.13 bits per heavy atom. The van der Waals surface area contributed by atoms with Gasteiger partial charge in [-0.1, -0.05) is 19.3 Å². The summed E-state index contributed by atoms with van der Waals surface area (Å²) < 4.78 is 11.4. The van der Waals surface area contributed by atoms with Gasteiger partial charge in [-0.2, -0.15) is 0 Å². The lowest BCUT2D eigenvalue weighted by Gasteiger charge is -2.32. The number of ether oxygens (including phenoxy) is 2. The molecule has 1 aromatic heterocycles. The van der Waals surface area contributed by atoms with E-state index in [1.165, 1.54) is 32.1 Å². The minimum Gasteiger partial charge on any atom is -0.489 e. The van der Waals surface area contributed by atoms with Crippen molar-refractivity contribution in [2.45, 2.75) is 71.3 Å². The van der Waals surface area contributed by atoms with Crippen LogP contribution in [-0.4, -0.2) is 47.2 Å². The Bertz CT molecular complexity index is 717. The maximum absolute atomic E-state index is 12.8. The van der Waals surface area contributed by atoms with E-state index >= 15 is 0 Å². The van der Waals surface area contributed by atoms with E-state index in [1.807, 2.05) is 32.9 Å². The summed E-state index contributed by atoms with van der Waals surface area (Å²) in [5.41, 5.74) is -0.516. The molecular weight excluding hydrogens is 382 g/mol. The third-order valence-corrected chi connectivity index (χ3v) is 5.73. The summed E-state index contributed by atoms with van der Waals surface area (Å²) >= 11 is 0. The molecule has 3 rings (SSSR count). The van der Waals surface area contributed by atoms with E-state index in [9.17, 15) is 9.59 Å². The van der Waals surface area contributed by atoms with Crippen LogP contribution >= 0.6 is 0 Å². The molecule has 0 atom stereocenters. The topological polar surface area (TPSA) is 80.8 Å². The summed E-state index contributed by atoms with van der Waals surface area (Å²) in [4.78, 5) is 31.0. The minimum absolute atomic E-state index is 0.0694. The van der Waals surface area contributed by atoms with Gasteiger partial charge in [0, 0.05) is 25.2 Å². The van der Waals surface area contributed by atoms with Crippen LogP contribution in [0.2, 0.25) is 0 Å². The van der Waals surface area contributed by atoms with Crippen LogP contribution in [0.4, 0.5) is 10.6 Å². The first-order valence-corrected chi connectivity index (χ1v) is 11.2. The number of amides is 2. The van der Waals surface area contributed by atoms with Gasteiger partial charge in [0.1, 0.15) is 5.60 Å². The average molecular weight is 418 g/mol. The second-order valence-corrected chi connectivity index (χ2v) is 9.40. The predicted molar refractivity (Wildman–Crippen MR) is 115 cm³/mol. The number of likely N-dealkylation sites (tertiary alicyclic amines) is 1. The number of nitrogens with one attached hydrogen (secondary N) is 1. The average Bonchev–Trinajstić information content (AvgIpc) is 2.73. The Labute approximate surface area is 179 Å². The Morgan fingerprint density at radius 2 is 1.83 bits per heavy atom. The third-order valence-electron chi connectivity index (χ3n) is 5.73. The normalized spacial score (nSPS) is 18.7. The number of piperidine rings is 1. The number of hydrogen-bond acceptors (Lipinski definition) is 5. The molecule has 1 N–H and O–H groups in total. The van der Waals surface area contributed by atoms with Crippen LogP contribution in [0.3, 0.4) is 0 Å². The fourth-order valence-corrected chi connectivity index (χ4v) is 4.03. The molecule has 0 unspecified atom stereocenters. The molecule has 166 valence electrons. The standard InChI is InChI=1S/C23H35N3O4/c1-23(2,3)30-22(28)26-14-11-18(12-15-26)21(27)25-20-19(10-7-13-24-20)29-16-17-8-5-4-6-9-17/h7,10,13,17-18H,4-6,8-9,11-12,14-16H2,1-3H3,(H,24,25,27). The highest BCUT2D eigenvalue weighted by Crippen LogP contribution is 2.28. The molecule has 1 saturated carbocycles. The quantitative estimate of drug-likeness (QED) is 0.756. The van der Waals surface area contributed by atoms with E-state index in [1.54, 1.807) is 11.1 Å². The molecule has 1 saturated heterocycles. The van der Waals surface area contributed by atoms with Gasteiger partial charge in [0.2, 0.25) is 5.91 Å². The molecule has 0 aromatic carbocycles. The molecule has 0 radical (unpaired) electrons. The first-order chi connectivity index (χ1) is 14.3. The first kappa shape index (κ1) is 22.4. The van der Waals surface area contributed by atoms with E-state index in [0.717, 1.165) is 0 Å². The summed E-state index contributed by atoms with van der Waals surface area (Å²) in [5, 5.41) is 2.94. The van der Waals surface area contributed by atoms with Gasteiger partial charge in [-0.25, -0.2) is 9.78 Å². The number of carbonyl (C=O) groups is 2. The van der Waals surface area contributed by atoms with E-state index in [-0.39, 0.29) is 17.9 Å². The molecule has 2 fully saturated rings. The largest absolute Gasteiger partial charge is 0.489 e. The zero-order valence-electron chi connectivity index (χ0n) is 18.5. The van der Waals surface area contributed by atoms with Crippen molar-refractivity contribution in [1.82, 2.24) is 9.88 Å². The second-order valence-electron chi connectivity index (χ2n) is 9.40. The van der Waals surface area contributed by atoms with Crippen LogP contribution in [0.5, 0.6) is 5.75 Å². The number of anilines is 1. The van der Waals surface area contributed by atoms with Crippen molar-refractivity contribution < 1.29 is 19.1 Å². The minimum atomic E-state index is -0.516. The Kier molecular flexibility index (Phi) is 7.56. The van der Waals surface area contributed by atoms with Crippen LogP contribution in [0.15, 0.2) is 18.3 Å². The Hall–Kier alpha value is -2.31. The number of nitrogens with zero attached hydrogens (tertiary/aromatic N) is 2. The molecule has 7 nitrogen and oxygen atoms in total. The van der Waals surface area contributed by atoms with E-state index in [2.05, 4.69) is 10.3 Å². The lowest BCUT2D eigenvalue weighted by atomic mass is 9.90. The molecule has 2 aliphatic rings. The monoisotopic (exact) mass is 417 g/mol. The maximum atomic E-state index is 12.8. The van der Waals surface area contributed by atoms with Crippen molar-refractivity contribution in [3.8, 4) is 5.75 Å². The van der Waals surface area contributed by atoms with Crippen LogP contribution in [0, 0.1) is 11.8 Å². The van der Waals surface area contributed by atoms with Crippen LogP contribution in [-0.2, 0) is 9.53 Å². The smallest absolute Gasteiger partial charge is 0.410 e. The van der Waals surface area contributed by atoms with E-state index in [0.29, 0.717) is 50.0 Å². The molecule has 1 aromatic rings. The summed E-state index contributed by atoms with van der Waals surface area (Å²) in [6.45, 7) is 7.26. The van der Waals surface area contributed by atoms with Crippen molar-refractivity contribution >= 4 is 17.8 Å². The molecule has 2 heterocycles. The third kappa shape index (κ3) is 6.61.